The Morgan fingerprint density at radius 2 is 2.33 bits per heavy atom. The second-order valence-corrected chi connectivity index (χ2v) is 1.62. The van der Waals surface area contributed by atoms with Crippen molar-refractivity contribution in [3.63, 3.8) is 0 Å². The van der Waals surface area contributed by atoms with Crippen molar-refractivity contribution < 1.29 is 14.3 Å². The Hall–Kier alpha value is -0.410. The predicted octanol–water partition coefficient (Wildman–Crippen LogP) is 0.584. The second kappa shape index (κ2) is 5.72. The van der Waals surface area contributed by atoms with E-state index < -0.39 is 0 Å². The standard InChI is InChI=1S/C6H12O3/c1-3-8-5-9-6(2)4-7/h4,6H,3,5H2,1-2H3/t6-/m0/s1. The first-order chi connectivity index (χ1) is 4.31. The van der Waals surface area contributed by atoms with Gasteiger partial charge in [-0.1, -0.05) is 0 Å². The van der Waals surface area contributed by atoms with E-state index in [-0.39, 0.29) is 12.9 Å². The minimum absolute atomic E-state index is 0.205. The van der Waals surface area contributed by atoms with Gasteiger partial charge in [0.2, 0.25) is 0 Å². The van der Waals surface area contributed by atoms with Gasteiger partial charge in [0.05, 0.1) is 0 Å². The fourth-order valence-corrected chi connectivity index (χ4v) is 0.278. The third kappa shape index (κ3) is 5.46. The van der Waals surface area contributed by atoms with Crippen molar-refractivity contribution >= 4 is 6.29 Å². The Morgan fingerprint density at radius 1 is 1.67 bits per heavy atom. The smallest absolute Gasteiger partial charge is 0.148 e. The molecule has 54 valence electrons. The van der Waals surface area contributed by atoms with Gasteiger partial charge in [0.1, 0.15) is 19.2 Å². The predicted molar refractivity (Wildman–Crippen MR) is 33.1 cm³/mol. The van der Waals surface area contributed by atoms with Crippen LogP contribution in [0.2, 0.25) is 0 Å². The lowest BCUT2D eigenvalue weighted by Gasteiger charge is -2.04. The molecular weight excluding hydrogens is 120 g/mol. The van der Waals surface area contributed by atoms with Gasteiger partial charge in [-0.2, -0.15) is 0 Å². The molecule has 0 aliphatic heterocycles. The summed E-state index contributed by atoms with van der Waals surface area (Å²) in [5.41, 5.74) is 0. The highest BCUT2D eigenvalue weighted by atomic mass is 16.7. The number of ether oxygens (including phenoxy) is 2. The van der Waals surface area contributed by atoms with Crippen LogP contribution in [0.25, 0.3) is 0 Å². The number of carbonyl (C=O) groups is 1. The first-order valence-corrected chi connectivity index (χ1v) is 2.96. The van der Waals surface area contributed by atoms with E-state index in [1.165, 1.54) is 0 Å². The molecule has 0 aromatic heterocycles. The number of aldehydes is 1. The molecular formula is C6H12O3. The summed E-state index contributed by atoms with van der Waals surface area (Å²) >= 11 is 0. The van der Waals surface area contributed by atoms with Crippen LogP contribution in [0.15, 0.2) is 0 Å². The van der Waals surface area contributed by atoms with E-state index in [1.54, 1.807) is 6.92 Å². The lowest BCUT2D eigenvalue weighted by Crippen LogP contribution is -2.11. The molecule has 0 saturated carbocycles. The summed E-state index contributed by atoms with van der Waals surface area (Å²) in [6.07, 6.45) is 0.385. The summed E-state index contributed by atoms with van der Waals surface area (Å²) < 4.78 is 9.67. The Kier molecular flexibility index (Phi) is 5.46. The third-order valence-electron chi connectivity index (χ3n) is 0.810. The van der Waals surface area contributed by atoms with Crippen molar-refractivity contribution in [3.05, 3.63) is 0 Å². The van der Waals surface area contributed by atoms with Crippen LogP contribution in [0.4, 0.5) is 0 Å². The molecule has 0 aromatic rings. The van der Waals surface area contributed by atoms with Gasteiger partial charge in [0, 0.05) is 6.61 Å². The molecule has 0 rings (SSSR count). The van der Waals surface area contributed by atoms with Gasteiger partial charge >= 0.3 is 0 Å². The van der Waals surface area contributed by atoms with Crippen LogP contribution in [-0.2, 0) is 14.3 Å². The van der Waals surface area contributed by atoms with E-state index in [9.17, 15) is 4.79 Å². The molecule has 0 radical (unpaired) electrons. The van der Waals surface area contributed by atoms with Gasteiger partial charge < -0.3 is 14.3 Å². The van der Waals surface area contributed by atoms with Crippen molar-refractivity contribution in [2.75, 3.05) is 13.4 Å². The molecule has 3 nitrogen and oxygen atoms in total. The van der Waals surface area contributed by atoms with Crippen LogP contribution in [0.1, 0.15) is 13.8 Å². The first kappa shape index (κ1) is 8.59. The molecule has 0 spiro atoms. The fraction of sp³-hybridized carbons (Fsp3) is 0.833. The van der Waals surface area contributed by atoms with Crippen molar-refractivity contribution in [1.82, 2.24) is 0 Å². The highest BCUT2D eigenvalue weighted by Crippen LogP contribution is 1.84. The zero-order valence-corrected chi connectivity index (χ0v) is 5.79. The van der Waals surface area contributed by atoms with Crippen LogP contribution in [0, 0.1) is 0 Å². The summed E-state index contributed by atoms with van der Waals surface area (Å²) in [7, 11) is 0. The van der Waals surface area contributed by atoms with Crippen molar-refractivity contribution in [1.29, 1.82) is 0 Å². The number of hydrogen-bond donors (Lipinski definition) is 0. The topological polar surface area (TPSA) is 35.5 Å². The molecule has 0 N–H and O–H groups in total. The van der Waals surface area contributed by atoms with Gasteiger partial charge in [-0.25, -0.2) is 0 Å². The van der Waals surface area contributed by atoms with Crippen LogP contribution in [0.5, 0.6) is 0 Å². The van der Waals surface area contributed by atoms with Crippen molar-refractivity contribution in [2.24, 2.45) is 0 Å². The molecule has 0 heterocycles. The molecule has 0 saturated heterocycles. The van der Waals surface area contributed by atoms with Crippen LogP contribution in [-0.4, -0.2) is 25.8 Å². The second-order valence-electron chi connectivity index (χ2n) is 1.62. The molecule has 9 heavy (non-hydrogen) atoms. The van der Waals surface area contributed by atoms with Gasteiger partial charge in [0.15, 0.2) is 0 Å². The Morgan fingerprint density at radius 3 is 2.78 bits per heavy atom. The van der Waals surface area contributed by atoms with Crippen LogP contribution >= 0.6 is 0 Å². The molecule has 0 aromatic carbocycles. The summed E-state index contributed by atoms with van der Waals surface area (Å²) in [5, 5.41) is 0. The van der Waals surface area contributed by atoms with Gasteiger partial charge in [-0.15, -0.1) is 0 Å². The maximum atomic E-state index is 9.92. The lowest BCUT2D eigenvalue weighted by atomic mass is 10.5. The fourth-order valence-electron chi connectivity index (χ4n) is 0.278. The molecule has 0 unspecified atom stereocenters. The highest BCUT2D eigenvalue weighted by Gasteiger charge is 1.95. The summed E-state index contributed by atoms with van der Waals surface area (Å²) in [4.78, 5) is 9.92. The van der Waals surface area contributed by atoms with Crippen LogP contribution in [0.3, 0.4) is 0 Å². The third-order valence-corrected chi connectivity index (χ3v) is 0.810. The maximum Gasteiger partial charge on any atom is 0.148 e. The first-order valence-electron chi connectivity index (χ1n) is 2.96. The van der Waals surface area contributed by atoms with E-state index >= 15 is 0 Å². The zero-order chi connectivity index (χ0) is 7.11. The van der Waals surface area contributed by atoms with Crippen molar-refractivity contribution in [2.45, 2.75) is 20.0 Å². The highest BCUT2D eigenvalue weighted by molar-refractivity contribution is 5.54. The van der Waals surface area contributed by atoms with Gasteiger partial charge in [-0.05, 0) is 13.8 Å². The monoisotopic (exact) mass is 132 g/mol. The Bertz CT molecular complexity index is 72.7. The van der Waals surface area contributed by atoms with Gasteiger partial charge in [0.25, 0.3) is 0 Å². The summed E-state index contributed by atoms with van der Waals surface area (Å²) in [6.45, 7) is 4.36. The number of rotatable bonds is 5. The minimum Gasteiger partial charge on any atom is -0.356 e. The minimum atomic E-state index is -0.350. The molecule has 0 fully saturated rings. The normalized spacial score (nSPS) is 13.1. The maximum absolute atomic E-state index is 9.92. The largest absolute Gasteiger partial charge is 0.356 e. The van der Waals surface area contributed by atoms with E-state index in [2.05, 4.69) is 0 Å². The molecule has 1 atom stereocenters. The molecule has 3 heteroatoms. The summed E-state index contributed by atoms with van der Waals surface area (Å²) in [6, 6.07) is 0. The zero-order valence-electron chi connectivity index (χ0n) is 5.79. The molecule has 0 bridgehead atoms. The van der Waals surface area contributed by atoms with E-state index in [0.29, 0.717) is 6.61 Å². The average Bonchev–Trinajstić information content (AvgIpc) is 1.89. The quantitative estimate of drug-likeness (QED) is 0.312. The van der Waals surface area contributed by atoms with E-state index in [0.717, 1.165) is 6.29 Å². The number of hydrogen-bond acceptors (Lipinski definition) is 3. The van der Waals surface area contributed by atoms with Gasteiger partial charge in [-0.3, -0.25) is 0 Å². The molecule has 0 aliphatic rings. The Labute approximate surface area is 55.0 Å². The number of carbonyl (C=O) groups excluding carboxylic acids is 1. The van der Waals surface area contributed by atoms with E-state index in [4.69, 9.17) is 9.47 Å². The average molecular weight is 132 g/mol. The van der Waals surface area contributed by atoms with Crippen LogP contribution < -0.4 is 0 Å². The lowest BCUT2D eigenvalue weighted by molar-refractivity contribution is -0.127. The van der Waals surface area contributed by atoms with E-state index in [1.807, 2.05) is 6.92 Å². The molecule has 0 amide bonds. The summed E-state index contributed by atoms with van der Waals surface area (Å²) in [5.74, 6) is 0. The SMILES string of the molecule is CCOCO[C@@H](C)C=O. The Balaban J connectivity index is 2.96. The van der Waals surface area contributed by atoms with Crippen molar-refractivity contribution in [3.8, 4) is 0 Å². The molecule has 0 aliphatic carbocycles.